The summed E-state index contributed by atoms with van der Waals surface area (Å²) in [5.74, 6) is 0.647. The Balaban J connectivity index is 2.22. The predicted octanol–water partition coefficient (Wildman–Crippen LogP) is 1.21. The Morgan fingerprint density at radius 3 is 2.45 bits per heavy atom. The van der Waals surface area contributed by atoms with Crippen molar-refractivity contribution in [2.75, 3.05) is 25.1 Å². The Kier molecular flexibility index (Phi) is 10.1. The Hall–Kier alpha value is -0.950. The maximum atomic E-state index is 12.1. The van der Waals surface area contributed by atoms with Gasteiger partial charge in [-0.05, 0) is 31.3 Å². The summed E-state index contributed by atoms with van der Waals surface area (Å²) in [6.07, 6.45) is 10.3. The maximum Gasteiger partial charge on any atom is 0.312 e. The third kappa shape index (κ3) is 8.48. The number of nitrogens with one attached hydrogen (secondary N) is 3. The molecule has 1 unspecified atom stereocenters. The molecule has 1 fully saturated rings. The van der Waals surface area contributed by atoms with Crippen LogP contribution in [0.15, 0.2) is 0 Å². The molecule has 0 aliphatic heterocycles. The van der Waals surface area contributed by atoms with E-state index in [1.165, 1.54) is 38.5 Å². The van der Waals surface area contributed by atoms with Gasteiger partial charge in [0.15, 0.2) is 0 Å². The van der Waals surface area contributed by atoms with E-state index in [9.17, 15) is 9.59 Å². The van der Waals surface area contributed by atoms with Crippen LogP contribution in [0.5, 0.6) is 0 Å². The monoisotopic (exact) mass is 330 g/mol. The molecular weight excluding hydrogens is 300 g/mol. The van der Waals surface area contributed by atoms with Crippen molar-refractivity contribution in [2.45, 2.75) is 57.0 Å². The number of hydrogen-bond acceptors (Lipinski definition) is 4. The van der Waals surface area contributed by atoms with Crippen LogP contribution in [0.1, 0.15) is 44.9 Å². The highest BCUT2D eigenvalue weighted by Crippen LogP contribution is 2.16. The summed E-state index contributed by atoms with van der Waals surface area (Å²) >= 11 is 1.64. The van der Waals surface area contributed by atoms with E-state index in [0.717, 1.165) is 12.3 Å². The first-order valence-electron chi connectivity index (χ1n) is 8.19. The molecule has 0 bridgehead atoms. The van der Waals surface area contributed by atoms with Gasteiger partial charge in [0.2, 0.25) is 5.91 Å². The first-order chi connectivity index (χ1) is 10.6. The molecule has 1 saturated carbocycles. The first kappa shape index (κ1) is 19.1. The summed E-state index contributed by atoms with van der Waals surface area (Å²) in [6.45, 7) is 1.34. The summed E-state index contributed by atoms with van der Waals surface area (Å²) in [6, 6.07) is -0.615. The molecule has 5 N–H and O–H groups in total. The molecule has 22 heavy (non-hydrogen) atoms. The molecule has 1 aliphatic carbocycles. The second kappa shape index (κ2) is 11.6. The second-order valence-corrected chi connectivity index (χ2v) is 6.76. The lowest BCUT2D eigenvalue weighted by Gasteiger charge is -2.19. The highest BCUT2D eigenvalue weighted by molar-refractivity contribution is 7.98. The van der Waals surface area contributed by atoms with Crippen LogP contribution in [0.2, 0.25) is 0 Å². The topological polar surface area (TPSA) is 96.2 Å². The van der Waals surface area contributed by atoms with Crippen LogP contribution in [0.4, 0.5) is 4.79 Å². The van der Waals surface area contributed by atoms with Gasteiger partial charge in [0, 0.05) is 19.1 Å². The average molecular weight is 330 g/mol. The molecule has 0 aromatic carbocycles. The number of nitrogens with two attached hydrogens (primary N) is 1. The molecule has 0 radical (unpaired) electrons. The SMILES string of the molecule is CSCCC(NC(N)=O)C(=O)NCCNC1CCCCCC1. The zero-order valence-corrected chi connectivity index (χ0v) is 14.3. The number of carbonyl (C=O) groups is 2. The fourth-order valence-electron chi connectivity index (χ4n) is 2.74. The van der Waals surface area contributed by atoms with Gasteiger partial charge in [0.05, 0.1) is 0 Å². The Morgan fingerprint density at radius 2 is 1.86 bits per heavy atom. The van der Waals surface area contributed by atoms with E-state index in [1.807, 2.05) is 6.26 Å². The minimum absolute atomic E-state index is 0.157. The molecule has 128 valence electrons. The smallest absolute Gasteiger partial charge is 0.312 e. The Morgan fingerprint density at radius 1 is 1.18 bits per heavy atom. The standard InChI is InChI=1S/C15H30N4O2S/c1-22-11-8-13(19-15(16)21)14(20)18-10-9-17-12-6-4-2-3-5-7-12/h12-13,17H,2-11H2,1H3,(H,18,20)(H3,16,19,21). The normalized spacial score (nSPS) is 17.5. The van der Waals surface area contributed by atoms with Crippen molar-refractivity contribution < 1.29 is 9.59 Å². The van der Waals surface area contributed by atoms with Crippen molar-refractivity contribution in [3.8, 4) is 0 Å². The molecule has 1 rings (SSSR count). The molecule has 7 heteroatoms. The fraction of sp³-hybridized carbons (Fsp3) is 0.867. The summed E-state index contributed by atoms with van der Waals surface area (Å²) in [7, 11) is 0. The van der Waals surface area contributed by atoms with Gasteiger partial charge in [0.25, 0.3) is 0 Å². The minimum atomic E-state index is -0.655. The maximum absolute atomic E-state index is 12.1. The molecule has 6 nitrogen and oxygen atoms in total. The van der Waals surface area contributed by atoms with Crippen LogP contribution in [0, 0.1) is 0 Å². The van der Waals surface area contributed by atoms with Gasteiger partial charge in [-0.25, -0.2) is 4.79 Å². The lowest BCUT2D eigenvalue weighted by Crippen LogP contribution is -2.50. The Labute approximate surface area is 137 Å². The van der Waals surface area contributed by atoms with E-state index in [2.05, 4.69) is 16.0 Å². The summed E-state index contributed by atoms with van der Waals surface area (Å²) < 4.78 is 0. The molecule has 1 atom stereocenters. The van der Waals surface area contributed by atoms with Gasteiger partial charge < -0.3 is 21.7 Å². The second-order valence-electron chi connectivity index (χ2n) is 5.78. The zero-order chi connectivity index (χ0) is 16.2. The molecule has 0 saturated heterocycles. The van der Waals surface area contributed by atoms with E-state index in [-0.39, 0.29) is 5.91 Å². The summed E-state index contributed by atoms with van der Waals surface area (Å²) in [4.78, 5) is 23.0. The largest absolute Gasteiger partial charge is 0.353 e. The molecular formula is C15H30N4O2S. The van der Waals surface area contributed by atoms with E-state index >= 15 is 0 Å². The van der Waals surface area contributed by atoms with E-state index in [0.29, 0.717) is 19.0 Å². The number of amides is 3. The molecule has 0 heterocycles. The van der Waals surface area contributed by atoms with Crippen molar-refractivity contribution in [3.63, 3.8) is 0 Å². The van der Waals surface area contributed by atoms with Crippen molar-refractivity contribution in [1.82, 2.24) is 16.0 Å². The van der Waals surface area contributed by atoms with Crippen LogP contribution < -0.4 is 21.7 Å². The van der Waals surface area contributed by atoms with Gasteiger partial charge in [0.1, 0.15) is 6.04 Å². The van der Waals surface area contributed by atoms with Gasteiger partial charge in [-0.3, -0.25) is 4.79 Å². The lowest BCUT2D eigenvalue weighted by atomic mass is 10.1. The van der Waals surface area contributed by atoms with E-state index < -0.39 is 12.1 Å². The molecule has 0 aromatic rings. The van der Waals surface area contributed by atoms with Crippen molar-refractivity contribution in [1.29, 1.82) is 0 Å². The number of thioether (sulfide) groups is 1. The van der Waals surface area contributed by atoms with Gasteiger partial charge in [-0.1, -0.05) is 25.7 Å². The lowest BCUT2D eigenvalue weighted by molar-refractivity contribution is -0.122. The predicted molar refractivity (Wildman–Crippen MR) is 92.0 cm³/mol. The van der Waals surface area contributed by atoms with Gasteiger partial charge in [-0.2, -0.15) is 11.8 Å². The van der Waals surface area contributed by atoms with Crippen LogP contribution >= 0.6 is 11.8 Å². The molecule has 3 amide bonds. The summed E-state index contributed by atoms with van der Waals surface area (Å²) in [5.41, 5.74) is 5.12. The Bertz CT molecular complexity index is 334. The van der Waals surface area contributed by atoms with Crippen molar-refractivity contribution in [3.05, 3.63) is 0 Å². The van der Waals surface area contributed by atoms with Crippen molar-refractivity contribution >= 4 is 23.7 Å². The number of urea groups is 1. The number of hydrogen-bond donors (Lipinski definition) is 4. The molecule has 1 aliphatic rings. The third-order valence-electron chi connectivity index (χ3n) is 3.96. The average Bonchev–Trinajstić information content (AvgIpc) is 2.76. The first-order valence-corrected chi connectivity index (χ1v) is 9.59. The van der Waals surface area contributed by atoms with Crippen LogP contribution in [-0.4, -0.2) is 49.1 Å². The third-order valence-corrected chi connectivity index (χ3v) is 4.60. The van der Waals surface area contributed by atoms with Gasteiger partial charge in [-0.15, -0.1) is 0 Å². The summed E-state index contributed by atoms with van der Waals surface area (Å²) in [5, 5.41) is 8.89. The molecule has 0 aromatic heterocycles. The number of rotatable bonds is 9. The highest BCUT2D eigenvalue weighted by Gasteiger charge is 2.19. The molecule has 0 spiro atoms. The zero-order valence-electron chi connectivity index (χ0n) is 13.5. The van der Waals surface area contributed by atoms with Crippen molar-refractivity contribution in [2.24, 2.45) is 5.73 Å². The van der Waals surface area contributed by atoms with Crippen LogP contribution in [0.25, 0.3) is 0 Å². The van der Waals surface area contributed by atoms with E-state index in [1.54, 1.807) is 11.8 Å². The minimum Gasteiger partial charge on any atom is -0.353 e. The highest BCUT2D eigenvalue weighted by atomic mass is 32.2. The van der Waals surface area contributed by atoms with Crippen LogP contribution in [-0.2, 0) is 4.79 Å². The van der Waals surface area contributed by atoms with Gasteiger partial charge >= 0.3 is 6.03 Å². The number of carbonyl (C=O) groups excluding carboxylic acids is 2. The number of primary amides is 1. The quantitative estimate of drug-likeness (QED) is 0.377. The van der Waals surface area contributed by atoms with Crippen LogP contribution in [0.3, 0.4) is 0 Å². The van der Waals surface area contributed by atoms with E-state index in [4.69, 9.17) is 5.73 Å². The fourth-order valence-corrected chi connectivity index (χ4v) is 3.22.